The fourth-order valence-electron chi connectivity index (χ4n) is 0.999. The van der Waals surface area contributed by atoms with E-state index in [1.807, 2.05) is 0 Å². The van der Waals surface area contributed by atoms with E-state index in [2.05, 4.69) is 5.92 Å². The van der Waals surface area contributed by atoms with Crippen LogP contribution >= 0.6 is 0 Å². The number of rotatable bonds is 3. The van der Waals surface area contributed by atoms with Gasteiger partial charge in [-0.3, -0.25) is 0 Å². The molecule has 0 bridgehead atoms. The van der Waals surface area contributed by atoms with Crippen molar-refractivity contribution in [1.82, 2.24) is 0 Å². The van der Waals surface area contributed by atoms with Crippen LogP contribution in [0.25, 0.3) is 0 Å². The Morgan fingerprint density at radius 1 is 1.43 bits per heavy atom. The number of terminal acetylenes is 1. The van der Waals surface area contributed by atoms with E-state index < -0.39 is 22.3 Å². The van der Waals surface area contributed by atoms with E-state index in [9.17, 15) is 12.8 Å². The topological polar surface area (TPSA) is 34.1 Å². The van der Waals surface area contributed by atoms with Crippen molar-refractivity contribution in [2.75, 3.05) is 12.4 Å². The smallest absolute Gasteiger partial charge is 0.180 e. The molecule has 0 fully saturated rings. The number of benzene rings is 1. The molecular formula is C10H9FO2S. The second kappa shape index (κ2) is 4.25. The summed E-state index contributed by atoms with van der Waals surface area (Å²) in [7, 11) is -3.51. The average Bonchev–Trinajstić information content (AvgIpc) is 2.18. The summed E-state index contributed by atoms with van der Waals surface area (Å²) in [5.41, 5.74) is 0.477. The maximum absolute atomic E-state index is 11.9. The van der Waals surface area contributed by atoms with Crippen molar-refractivity contribution in [2.45, 2.75) is 4.90 Å². The normalized spacial score (nSPS) is 10.9. The number of alkyl halides is 1. The fourth-order valence-corrected chi connectivity index (χ4v) is 2.03. The molecular weight excluding hydrogens is 203 g/mol. The molecule has 4 heteroatoms. The van der Waals surface area contributed by atoms with Gasteiger partial charge >= 0.3 is 0 Å². The lowest BCUT2D eigenvalue weighted by molar-refractivity contribution is 0.517. The number of sulfone groups is 1. The lowest BCUT2D eigenvalue weighted by atomic mass is 10.2. The summed E-state index contributed by atoms with van der Waals surface area (Å²) in [5.74, 6) is 1.82. The van der Waals surface area contributed by atoms with Gasteiger partial charge in [0.1, 0.15) is 6.67 Å². The highest BCUT2D eigenvalue weighted by atomic mass is 32.2. The van der Waals surface area contributed by atoms with Crippen LogP contribution in [-0.2, 0) is 9.84 Å². The molecule has 0 saturated heterocycles. The third-order valence-corrected chi connectivity index (χ3v) is 3.37. The third-order valence-electron chi connectivity index (χ3n) is 1.71. The summed E-state index contributed by atoms with van der Waals surface area (Å²) in [6.07, 6.45) is 5.12. The molecule has 0 aliphatic heterocycles. The summed E-state index contributed by atoms with van der Waals surface area (Å²) in [6, 6.07) is 5.94. The molecule has 0 unspecified atom stereocenters. The average molecular weight is 212 g/mol. The Bertz CT molecular complexity index is 457. The number of hydrogen-bond donors (Lipinski definition) is 0. The minimum absolute atomic E-state index is 0.0746. The van der Waals surface area contributed by atoms with Crippen molar-refractivity contribution in [2.24, 2.45) is 0 Å². The predicted molar refractivity (Wildman–Crippen MR) is 52.4 cm³/mol. The van der Waals surface area contributed by atoms with Crippen molar-refractivity contribution in [3.8, 4) is 12.3 Å². The van der Waals surface area contributed by atoms with Crippen LogP contribution < -0.4 is 0 Å². The van der Waals surface area contributed by atoms with Gasteiger partial charge < -0.3 is 0 Å². The molecule has 0 atom stereocenters. The quantitative estimate of drug-likeness (QED) is 0.710. The number of halogens is 1. The van der Waals surface area contributed by atoms with Crippen LogP contribution in [0.15, 0.2) is 29.2 Å². The van der Waals surface area contributed by atoms with Crippen molar-refractivity contribution < 1.29 is 12.8 Å². The zero-order valence-electron chi connectivity index (χ0n) is 7.40. The van der Waals surface area contributed by atoms with E-state index >= 15 is 0 Å². The Morgan fingerprint density at radius 3 is 2.71 bits per heavy atom. The standard InChI is InChI=1S/C10H9FO2S/c1-2-9-4-3-5-10(8-9)14(12,13)7-6-11/h1,3-5,8H,6-7H2. The van der Waals surface area contributed by atoms with Crippen molar-refractivity contribution >= 4 is 9.84 Å². The largest absolute Gasteiger partial charge is 0.250 e. The van der Waals surface area contributed by atoms with Gasteiger partial charge in [-0.1, -0.05) is 12.0 Å². The second-order valence-corrected chi connectivity index (χ2v) is 4.79. The van der Waals surface area contributed by atoms with E-state index in [1.165, 1.54) is 12.1 Å². The Hall–Kier alpha value is -1.34. The van der Waals surface area contributed by atoms with Crippen LogP contribution in [0.4, 0.5) is 4.39 Å². The van der Waals surface area contributed by atoms with Crippen molar-refractivity contribution in [1.29, 1.82) is 0 Å². The minimum Gasteiger partial charge on any atom is -0.250 e. The van der Waals surface area contributed by atoms with Gasteiger partial charge in [0.15, 0.2) is 9.84 Å². The molecule has 0 N–H and O–H groups in total. The highest BCUT2D eigenvalue weighted by Crippen LogP contribution is 2.12. The van der Waals surface area contributed by atoms with Gasteiger partial charge in [0.25, 0.3) is 0 Å². The lowest BCUT2D eigenvalue weighted by Gasteiger charge is -2.01. The summed E-state index contributed by atoms with van der Waals surface area (Å²) in [4.78, 5) is 0.0746. The molecule has 0 amide bonds. The van der Waals surface area contributed by atoms with E-state index in [-0.39, 0.29) is 4.90 Å². The molecule has 0 aliphatic carbocycles. The highest BCUT2D eigenvalue weighted by Gasteiger charge is 2.13. The summed E-state index contributed by atoms with van der Waals surface area (Å²) < 4.78 is 34.7. The SMILES string of the molecule is C#Cc1cccc(S(=O)(=O)CCF)c1. The van der Waals surface area contributed by atoms with Crippen molar-refractivity contribution in [3.05, 3.63) is 29.8 Å². The summed E-state index contributed by atoms with van der Waals surface area (Å²) in [5, 5.41) is 0. The molecule has 0 heterocycles. The first-order valence-electron chi connectivity index (χ1n) is 3.95. The molecule has 0 aromatic heterocycles. The molecule has 2 nitrogen and oxygen atoms in total. The van der Waals surface area contributed by atoms with Gasteiger partial charge in [-0.15, -0.1) is 6.42 Å². The first-order chi connectivity index (χ1) is 6.60. The first kappa shape index (κ1) is 10.7. The Kier molecular flexibility index (Phi) is 3.26. The van der Waals surface area contributed by atoms with Gasteiger partial charge in [-0.05, 0) is 18.2 Å². The van der Waals surface area contributed by atoms with Crippen molar-refractivity contribution in [3.63, 3.8) is 0 Å². The molecule has 0 radical (unpaired) electrons. The molecule has 74 valence electrons. The molecule has 1 rings (SSSR count). The van der Waals surface area contributed by atoms with E-state index in [4.69, 9.17) is 6.42 Å². The molecule has 1 aromatic rings. The van der Waals surface area contributed by atoms with Gasteiger partial charge in [-0.2, -0.15) is 0 Å². The Morgan fingerprint density at radius 2 is 2.14 bits per heavy atom. The molecule has 0 saturated carbocycles. The van der Waals surface area contributed by atoms with E-state index in [0.717, 1.165) is 0 Å². The lowest BCUT2D eigenvalue weighted by Crippen LogP contribution is -2.08. The summed E-state index contributed by atoms with van der Waals surface area (Å²) >= 11 is 0. The maximum Gasteiger partial charge on any atom is 0.180 e. The molecule has 0 spiro atoms. The van der Waals surface area contributed by atoms with Gasteiger partial charge in [0, 0.05) is 5.56 Å². The highest BCUT2D eigenvalue weighted by molar-refractivity contribution is 7.91. The van der Waals surface area contributed by atoms with E-state index in [1.54, 1.807) is 12.1 Å². The predicted octanol–water partition coefficient (Wildman–Crippen LogP) is 1.41. The first-order valence-corrected chi connectivity index (χ1v) is 5.61. The van der Waals surface area contributed by atoms with Crippen LogP contribution in [-0.4, -0.2) is 20.8 Å². The monoisotopic (exact) mass is 212 g/mol. The zero-order valence-corrected chi connectivity index (χ0v) is 8.22. The van der Waals surface area contributed by atoms with Crippen LogP contribution in [0.3, 0.4) is 0 Å². The van der Waals surface area contributed by atoms with Gasteiger partial charge in [0.2, 0.25) is 0 Å². The maximum atomic E-state index is 11.9. The van der Waals surface area contributed by atoms with Crippen LogP contribution in [0.5, 0.6) is 0 Å². The number of hydrogen-bond acceptors (Lipinski definition) is 2. The molecule has 1 aromatic carbocycles. The Balaban J connectivity index is 3.15. The summed E-state index contributed by atoms with van der Waals surface area (Å²) in [6.45, 7) is -0.886. The minimum atomic E-state index is -3.51. The van der Waals surface area contributed by atoms with Crippen LogP contribution in [0.1, 0.15) is 5.56 Å². The fraction of sp³-hybridized carbons (Fsp3) is 0.200. The van der Waals surface area contributed by atoms with Gasteiger partial charge in [0.05, 0.1) is 10.6 Å². The Labute approximate surface area is 82.7 Å². The third kappa shape index (κ3) is 2.33. The molecule has 0 aliphatic rings. The molecule has 14 heavy (non-hydrogen) atoms. The van der Waals surface area contributed by atoms with E-state index in [0.29, 0.717) is 5.56 Å². The second-order valence-electron chi connectivity index (χ2n) is 2.68. The van der Waals surface area contributed by atoms with Gasteiger partial charge in [-0.25, -0.2) is 12.8 Å². The van der Waals surface area contributed by atoms with Crippen LogP contribution in [0.2, 0.25) is 0 Å². The van der Waals surface area contributed by atoms with Crippen LogP contribution in [0, 0.1) is 12.3 Å². The zero-order chi connectivity index (χ0) is 10.6.